The molecule has 1 aromatic rings. The summed E-state index contributed by atoms with van der Waals surface area (Å²) in [6.45, 7) is 6.30. The number of hydrogen-bond donors (Lipinski definition) is 1. The van der Waals surface area contributed by atoms with Gasteiger partial charge in [-0.3, -0.25) is 0 Å². The average molecular weight is 283 g/mol. The highest BCUT2D eigenvalue weighted by atomic mass is 32.2. The second kappa shape index (κ2) is 7.06. The summed E-state index contributed by atoms with van der Waals surface area (Å²) in [5, 5.41) is 5.35. The summed E-state index contributed by atoms with van der Waals surface area (Å²) in [5.74, 6) is 0.214. The first-order valence-corrected chi connectivity index (χ1v) is 8.61. The highest BCUT2D eigenvalue weighted by Crippen LogP contribution is 2.30. The second-order valence-corrected chi connectivity index (χ2v) is 6.67. The maximum Gasteiger partial charge on any atom is 0.238 e. The Bertz CT molecular complexity index is 509. The molecule has 108 valence electrons. The maximum atomic E-state index is 11.7. The molecule has 1 aromatic carbocycles. The first-order chi connectivity index (χ1) is 8.91. The molecule has 0 heterocycles. The van der Waals surface area contributed by atoms with Crippen LogP contribution in [0.25, 0.3) is 0 Å². The Morgan fingerprint density at radius 3 is 2.42 bits per heavy atom. The van der Waals surface area contributed by atoms with Crippen molar-refractivity contribution in [1.29, 1.82) is 0 Å². The minimum absolute atomic E-state index is 0.214. The van der Waals surface area contributed by atoms with Crippen LogP contribution < -0.4 is 5.14 Å². The van der Waals surface area contributed by atoms with Gasteiger partial charge in [-0.1, -0.05) is 45.7 Å². The number of sulfonamides is 1. The Hall–Kier alpha value is -0.870. The van der Waals surface area contributed by atoms with Gasteiger partial charge in [0.25, 0.3) is 0 Å². The summed E-state index contributed by atoms with van der Waals surface area (Å²) in [4.78, 5) is 0.302. The van der Waals surface area contributed by atoms with E-state index in [0.29, 0.717) is 4.90 Å². The molecule has 0 aliphatic carbocycles. The molecule has 3 nitrogen and oxygen atoms in total. The Balaban J connectivity index is 3.23. The van der Waals surface area contributed by atoms with Gasteiger partial charge >= 0.3 is 0 Å². The molecule has 0 saturated carbocycles. The molecule has 1 rings (SSSR count). The molecule has 2 N–H and O–H groups in total. The zero-order chi connectivity index (χ0) is 14.5. The van der Waals surface area contributed by atoms with E-state index in [2.05, 4.69) is 20.8 Å². The Labute approximate surface area is 117 Å². The molecule has 0 aromatic heterocycles. The molecule has 0 radical (unpaired) electrons. The summed E-state index contributed by atoms with van der Waals surface area (Å²) >= 11 is 0. The number of rotatable bonds is 7. The molecule has 0 saturated heterocycles. The lowest BCUT2D eigenvalue weighted by Crippen LogP contribution is -2.17. The summed E-state index contributed by atoms with van der Waals surface area (Å²) in [6.07, 6.45) is 5.26. The van der Waals surface area contributed by atoms with Gasteiger partial charge in [-0.2, -0.15) is 0 Å². The standard InChI is InChI=1S/C15H25NO2S/c1-4-6-7-9-13-10-8-11-14(19(16,17)18)15(13)12(3)5-2/h8,10-12H,4-7,9H2,1-3H3,(H2,16,17,18). The first-order valence-electron chi connectivity index (χ1n) is 7.06. The number of primary sulfonamides is 1. The second-order valence-electron chi connectivity index (χ2n) is 5.14. The zero-order valence-corrected chi connectivity index (χ0v) is 13.0. The molecule has 19 heavy (non-hydrogen) atoms. The quantitative estimate of drug-likeness (QED) is 0.777. The van der Waals surface area contributed by atoms with E-state index >= 15 is 0 Å². The van der Waals surface area contributed by atoms with Crippen molar-refractivity contribution in [2.45, 2.75) is 63.7 Å². The van der Waals surface area contributed by atoms with E-state index in [9.17, 15) is 8.42 Å². The maximum absolute atomic E-state index is 11.7. The van der Waals surface area contributed by atoms with Crippen molar-refractivity contribution >= 4 is 10.0 Å². The van der Waals surface area contributed by atoms with E-state index < -0.39 is 10.0 Å². The predicted molar refractivity (Wildman–Crippen MR) is 79.8 cm³/mol. The lowest BCUT2D eigenvalue weighted by molar-refractivity contribution is 0.592. The fourth-order valence-electron chi connectivity index (χ4n) is 2.38. The van der Waals surface area contributed by atoms with Gasteiger partial charge in [-0.05, 0) is 42.4 Å². The van der Waals surface area contributed by atoms with Gasteiger partial charge in [-0.25, -0.2) is 13.6 Å². The third-order valence-corrected chi connectivity index (χ3v) is 4.59. The van der Waals surface area contributed by atoms with E-state index in [1.165, 1.54) is 6.42 Å². The van der Waals surface area contributed by atoms with Crippen molar-refractivity contribution in [3.05, 3.63) is 29.3 Å². The van der Waals surface area contributed by atoms with Crippen molar-refractivity contribution in [3.8, 4) is 0 Å². The lowest BCUT2D eigenvalue weighted by atomic mass is 9.91. The summed E-state index contributed by atoms with van der Waals surface area (Å²) in [5.41, 5.74) is 2.05. The first kappa shape index (κ1) is 16.2. The van der Waals surface area contributed by atoms with Gasteiger partial charge in [0.15, 0.2) is 0 Å². The summed E-state index contributed by atoms with van der Waals surface area (Å²) < 4.78 is 23.5. The summed E-state index contributed by atoms with van der Waals surface area (Å²) in [7, 11) is -3.64. The van der Waals surface area contributed by atoms with Gasteiger partial charge in [0, 0.05) is 0 Å². The van der Waals surface area contributed by atoms with Gasteiger partial charge in [-0.15, -0.1) is 0 Å². The lowest BCUT2D eigenvalue weighted by Gasteiger charge is -2.18. The number of benzene rings is 1. The molecule has 1 atom stereocenters. The highest BCUT2D eigenvalue weighted by Gasteiger charge is 2.20. The zero-order valence-electron chi connectivity index (χ0n) is 12.1. The van der Waals surface area contributed by atoms with Crippen molar-refractivity contribution < 1.29 is 8.42 Å². The fraction of sp³-hybridized carbons (Fsp3) is 0.600. The third-order valence-electron chi connectivity index (χ3n) is 3.62. The molecule has 0 amide bonds. The Morgan fingerprint density at radius 1 is 1.21 bits per heavy atom. The Kier molecular flexibility index (Phi) is 6.01. The minimum Gasteiger partial charge on any atom is -0.225 e. The van der Waals surface area contributed by atoms with Crippen LogP contribution in [0, 0.1) is 0 Å². The number of unbranched alkanes of at least 4 members (excludes halogenated alkanes) is 2. The molecule has 0 bridgehead atoms. The van der Waals surface area contributed by atoms with Crippen LogP contribution in [0.1, 0.15) is 63.5 Å². The van der Waals surface area contributed by atoms with E-state index in [-0.39, 0.29) is 5.92 Å². The normalized spacial score (nSPS) is 13.5. The van der Waals surface area contributed by atoms with Crippen LogP contribution in [0.15, 0.2) is 23.1 Å². The smallest absolute Gasteiger partial charge is 0.225 e. The topological polar surface area (TPSA) is 60.2 Å². The van der Waals surface area contributed by atoms with E-state index in [1.807, 2.05) is 6.07 Å². The number of hydrogen-bond acceptors (Lipinski definition) is 2. The third kappa shape index (κ3) is 4.32. The van der Waals surface area contributed by atoms with Crippen LogP contribution in [0.2, 0.25) is 0 Å². The van der Waals surface area contributed by atoms with Gasteiger partial charge in [0.1, 0.15) is 0 Å². The van der Waals surface area contributed by atoms with E-state index in [4.69, 9.17) is 5.14 Å². The number of aryl methyl sites for hydroxylation is 1. The van der Waals surface area contributed by atoms with Gasteiger partial charge < -0.3 is 0 Å². The van der Waals surface area contributed by atoms with Crippen molar-refractivity contribution in [2.24, 2.45) is 5.14 Å². The molecule has 0 spiro atoms. The largest absolute Gasteiger partial charge is 0.238 e. The molecular formula is C15H25NO2S. The van der Waals surface area contributed by atoms with Gasteiger partial charge in [0.2, 0.25) is 10.0 Å². The molecular weight excluding hydrogens is 258 g/mol. The molecule has 0 fully saturated rings. The molecule has 4 heteroatoms. The predicted octanol–water partition coefficient (Wildman–Crippen LogP) is 3.58. The fourth-order valence-corrected chi connectivity index (χ4v) is 3.29. The highest BCUT2D eigenvalue weighted by molar-refractivity contribution is 7.89. The SMILES string of the molecule is CCCCCc1cccc(S(N)(=O)=O)c1C(C)CC. The Morgan fingerprint density at radius 2 is 1.89 bits per heavy atom. The van der Waals surface area contributed by atoms with Crippen LogP contribution in [0.5, 0.6) is 0 Å². The molecule has 1 unspecified atom stereocenters. The molecule has 0 aliphatic heterocycles. The van der Waals surface area contributed by atoms with Gasteiger partial charge in [0.05, 0.1) is 4.90 Å². The van der Waals surface area contributed by atoms with Crippen LogP contribution >= 0.6 is 0 Å². The average Bonchev–Trinajstić information content (AvgIpc) is 2.37. The van der Waals surface area contributed by atoms with E-state index in [0.717, 1.165) is 36.8 Å². The van der Waals surface area contributed by atoms with Crippen LogP contribution in [-0.2, 0) is 16.4 Å². The van der Waals surface area contributed by atoms with Crippen LogP contribution in [-0.4, -0.2) is 8.42 Å². The summed E-state index contributed by atoms with van der Waals surface area (Å²) in [6, 6.07) is 5.46. The minimum atomic E-state index is -3.64. The van der Waals surface area contributed by atoms with Crippen LogP contribution in [0.4, 0.5) is 0 Å². The monoisotopic (exact) mass is 283 g/mol. The van der Waals surface area contributed by atoms with Crippen molar-refractivity contribution in [1.82, 2.24) is 0 Å². The van der Waals surface area contributed by atoms with E-state index in [1.54, 1.807) is 12.1 Å². The number of nitrogens with two attached hydrogens (primary N) is 1. The molecule has 0 aliphatic rings. The van der Waals surface area contributed by atoms with Crippen molar-refractivity contribution in [3.63, 3.8) is 0 Å². The van der Waals surface area contributed by atoms with Crippen molar-refractivity contribution in [2.75, 3.05) is 0 Å². The van der Waals surface area contributed by atoms with Crippen LogP contribution in [0.3, 0.4) is 0 Å².